The summed E-state index contributed by atoms with van der Waals surface area (Å²) in [6, 6.07) is 12.7. The van der Waals surface area contributed by atoms with Crippen LogP contribution in [0.3, 0.4) is 0 Å². The number of hydrogen-bond donors (Lipinski definition) is 0. The predicted molar refractivity (Wildman–Crippen MR) is 127 cm³/mol. The molecule has 3 aromatic rings. The summed E-state index contributed by atoms with van der Waals surface area (Å²) in [5, 5.41) is 0. The lowest BCUT2D eigenvalue weighted by Crippen LogP contribution is -2.47. The van der Waals surface area contributed by atoms with E-state index in [4.69, 9.17) is 4.74 Å². The smallest absolute Gasteiger partial charge is 0.333 e. The number of sulfone groups is 1. The number of nitrogens with zero attached hydrogens (tertiary/aromatic N) is 2. The second kappa shape index (κ2) is 7.58. The Balaban J connectivity index is 1.55. The lowest BCUT2D eigenvalue weighted by atomic mass is 9.86. The minimum Gasteiger partial charge on any atom is -0.490 e. The molecule has 0 unspecified atom stereocenters. The molecule has 1 aliphatic carbocycles. The molecule has 2 aliphatic rings. The van der Waals surface area contributed by atoms with Crippen molar-refractivity contribution in [3.8, 4) is 11.4 Å². The molecular weight excluding hydrogens is 440 g/mol. The number of hydrogen-bond acceptors (Lipinski definition) is 5. The molecule has 0 amide bonds. The zero-order chi connectivity index (χ0) is 23.5. The highest BCUT2D eigenvalue weighted by molar-refractivity contribution is 7.92. The van der Waals surface area contributed by atoms with E-state index in [1.54, 1.807) is 27.3 Å². The number of carbonyl (C=O) groups is 1. The van der Waals surface area contributed by atoms with Gasteiger partial charge in [0.1, 0.15) is 5.75 Å². The van der Waals surface area contributed by atoms with Gasteiger partial charge in [-0.3, -0.25) is 13.9 Å². The second-order valence-electron chi connectivity index (χ2n) is 10.0. The SMILES string of the molecule is CC(C)n1c(=O)n(-c2cccc(OC3CC3)c2)c2ccc(C(=O)CC3(C)CS(=O)(=O)C3)cc21. The summed E-state index contributed by atoms with van der Waals surface area (Å²) < 4.78 is 32.5. The molecule has 2 aromatic carbocycles. The predicted octanol–water partition coefficient (Wildman–Crippen LogP) is 3.92. The number of fused-ring (bicyclic) bond motifs is 1. The van der Waals surface area contributed by atoms with Crippen LogP contribution in [-0.4, -0.2) is 40.9 Å². The molecule has 0 atom stereocenters. The summed E-state index contributed by atoms with van der Waals surface area (Å²) in [5.41, 5.74) is 1.91. The Kier molecular flexibility index (Phi) is 5.04. The molecule has 2 fully saturated rings. The van der Waals surface area contributed by atoms with Crippen LogP contribution in [0.4, 0.5) is 0 Å². The third-order valence-electron chi connectivity index (χ3n) is 6.34. The minimum atomic E-state index is -3.02. The summed E-state index contributed by atoms with van der Waals surface area (Å²) in [4.78, 5) is 26.4. The van der Waals surface area contributed by atoms with E-state index >= 15 is 0 Å². The van der Waals surface area contributed by atoms with E-state index < -0.39 is 15.3 Å². The van der Waals surface area contributed by atoms with Crippen molar-refractivity contribution in [2.45, 2.75) is 52.2 Å². The maximum atomic E-state index is 13.4. The molecule has 0 spiro atoms. The van der Waals surface area contributed by atoms with E-state index in [9.17, 15) is 18.0 Å². The molecule has 0 bridgehead atoms. The van der Waals surface area contributed by atoms with Crippen LogP contribution in [0.2, 0.25) is 0 Å². The Morgan fingerprint density at radius 2 is 1.85 bits per heavy atom. The van der Waals surface area contributed by atoms with Gasteiger partial charge in [0.25, 0.3) is 0 Å². The van der Waals surface area contributed by atoms with Crippen LogP contribution in [0, 0.1) is 5.41 Å². The number of ketones is 1. The highest BCUT2D eigenvalue weighted by atomic mass is 32.2. The third-order valence-corrected chi connectivity index (χ3v) is 8.61. The van der Waals surface area contributed by atoms with Gasteiger partial charge in [-0.1, -0.05) is 13.0 Å². The van der Waals surface area contributed by atoms with Crippen LogP contribution in [0.15, 0.2) is 47.3 Å². The molecule has 1 aromatic heterocycles. The van der Waals surface area contributed by atoms with E-state index in [0.29, 0.717) is 22.3 Å². The van der Waals surface area contributed by atoms with Crippen LogP contribution in [-0.2, 0) is 9.84 Å². The molecule has 0 radical (unpaired) electrons. The van der Waals surface area contributed by atoms with Crippen LogP contribution in [0.1, 0.15) is 56.4 Å². The number of rotatable bonds is 7. The van der Waals surface area contributed by atoms with Crippen molar-refractivity contribution in [3.05, 3.63) is 58.5 Å². The quantitative estimate of drug-likeness (QED) is 0.491. The van der Waals surface area contributed by atoms with Gasteiger partial charge in [-0.2, -0.15) is 0 Å². The number of imidazole rings is 1. The monoisotopic (exact) mass is 468 g/mol. The summed E-state index contributed by atoms with van der Waals surface area (Å²) in [7, 11) is -3.02. The zero-order valence-corrected chi connectivity index (χ0v) is 19.9. The lowest BCUT2D eigenvalue weighted by Gasteiger charge is -2.37. The highest BCUT2D eigenvalue weighted by Gasteiger charge is 2.45. The molecule has 1 saturated heterocycles. The maximum absolute atomic E-state index is 13.4. The third kappa shape index (κ3) is 4.12. The summed E-state index contributed by atoms with van der Waals surface area (Å²) in [6.07, 6.45) is 2.54. The Bertz CT molecular complexity index is 1410. The number of aromatic nitrogens is 2. The van der Waals surface area contributed by atoms with Crippen molar-refractivity contribution in [1.82, 2.24) is 9.13 Å². The fourth-order valence-electron chi connectivity index (χ4n) is 4.83. The molecule has 5 rings (SSSR count). The largest absolute Gasteiger partial charge is 0.490 e. The van der Waals surface area contributed by atoms with Crippen molar-refractivity contribution in [1.29, 1.82) is 0 Å². The highest BCUT2D eigenvalue weighted by Crippen LogP contribution is 2.37. The molecule has 1 aliphatic heterocycles. The second-order valence-corrected chi connectivity index (χ2v) is 12.1. The first-order chi connectivity index (χ1) is 15.6. The fraction of sp³-hybridized carbons (Fsp3) is 0.440. The zero-order valence-electron chi connectivity index (χ0n) is 19.1. The number of Topliss-reactive ketones (excluding diaryl/α,β-unsaturated/α-hetero) is 1. The van der Waals surface area contributed by atoms with Gasteiger partial charge in [0.15, 0.2) is 15.6 Å². The van der Waals surface area contributed by atoms with Gasteiger partial charge >= 0.3 is 5.69 Å². The molecular formula is C25H28N2O5S. The molecule has 7 nitrogen and oxygen atoms in total. The van der Waals surface area contributed by atoms with Gasteiger partial charge in [0.05, 0.1) is 34.3 Å². The van der Waals surface area contributed by atoms with Gasteiger partial charge in [0.2, 0.25) is 0 Å². The molecule has 1 saturated carbocycles. The molecule has 33 heavy (non-hydrogen) atoms. The van der Waals surface area contributed by atoms with Gasteiger partial charge in [-0.25, -0.2) is 13.2 Å². The minimum absolute atomic E-state index is 0.0420. The number of ether oxygens (including phenoxy) is 1. The van der Waals surface area contributed by atoms with Crippen molar-refractivity contribution < 1.29 is 17.9 Å². The number of carbonyl (C=O) groups excluding carboxylic acids is 1. The lowest BCUT2D eigenvalue weighted by molar-refractivity contribution is 0.0936. The van der Waals surface area contributed by atoms with Gasteiger partial charge < -0.3 is 4.74 Å². The summed E-state index contributed by atoms with van der Waals surface area (Å²) in [5.74, 6) is 0.716. The first kappa shape index (κ1) is 21.9. The molecule has 2 heterocycles. The van der Waals surface area contributed by atoms with E-state index in [0.717, 1.165) is 18.6 Å². The Morgan fingerprint density at radius 1 is 1.12 bits per heavy atom. The summed E-state index contributed by atoms with van der Waals surface area (Å²) >= 11 is 0. The van der Waals surface area contributed by atoms with Gasteiger partial charge in [0, 0.05) is 29.5 Å². The normalized spacial score (nSPS) is 18.9. The van der Waals surface area contributed by atoms with E-state index in [1.807, 2.05) is 45.0 Å². The first-order valence-corrected chi connectivity index (χ1v) is 13.2. The molecule has 0 N–H and O–H groups in total. The Hall–Kier alpha value is -2.87. The maximum Gasteiger partial charge on any atom is 0.333 e. The number of benzene rings is 2. The van der Waals surface area contributed by atoms with Crippen molar-refractivity contribution in [3.63, 3.8) is 0 Å². The topological polar surface area (TPSA) is 87.4 Å². The first-order valence-electron chi connectivity index (χ1n) is 11.3. The molecule has 174 valence electrons. The van der Waals surface area contributed by atoms with Gasteiger partial charge in [-0.15, -0.1) is 0 Å². The van der Waals surface area contributed by atoms with Crippen LogP contribution < -0.4 is 10.4 Å². The average molecular weight is 469 g/mol. The van der Waals surface area contributed by atoms with E-state index in [1.165, 1.54) is 0 Å². The standard InChI is InChI=1S/C25H28N2O5S/c1-16(2)26-22-11-17(23(28)13-25(3)14-33(30,31)15-25)7-10-21(22)27(24(26)29)18-5-4-6-20(12-18)32-19-8-9-19/h4-7,10-12,16,19H,8-9,13-15H2,1-3H3. The molecule has 8 heteroatoms. The van der Waals surface area contributed by atoms with E-state index in [-0.39, 0.29) is 41.5 Å². The van der Waals surface area contributed by atoms with E-state index in [2.05, 4.69) is 0 Å². The Morgan fingerprint density at radius 3 is 2.48 bits per heavy atom. The van der Waals surface area contributed by atoms with Crippen LogP contribution >= 0.6 is 0 Å². The van der Waals surface area contributed by atoms with Crippen molar-refractivity contribution in [2.24, 2.45) is 5.41 Å². The average Bonchev–Trinajstić information content (AvgIpc) is 3.46. The van der Waals surface area contributed by atoms with Crippen LogP contribution in [0.25, 0.3) is 16.7 Å². The van der Waals surface area contributed by atoms with Crippen molar-refractivity contribution >= 4 is 26.7 Å². The summed E-state index contributed by atoms with van der Waals surface area (Å²) in [6.45, 7) is 5.71. The fourth-order valence-corrected chi connectivity index (χ4v) is 7.07. The van der Waals surface area contributed by atoms with Crippen molar-refractivity contribution in [2.75, 3.05) is 11.5 Å². The van der Waals surface area contributed by atoms with Gasteiger partial charge in [-0.05, 0) is 57.0 Å². The van der Waals surface area contributed by atoms with Crippen LogP contribution in [0.5, 0.6) is 5.75 Å². The Labute approximate surface area is 192 Å².